The van der Waals surface area contributed by atoms with Gasteiger partial charge in [-0.25, -0.2) is 9.97 Å². The van der Waals surface area contributed by atoms with Gasteiger partial charge in [0, 0.05) is 30.0 Å². The molecule has 1 N–H and O–H groups in total. The van der Waals surface area contributed by atoms with Gasteiger partial charge in [-0.05, 0) is 80.5 Å². The van der Waals surface area contributed by atoms with E-state index in [1.807, 2.05) is 39.1 Å². The third-order valence-corrected chi connectivity index (χ3v) is 9.90. The minimum Gasteiger partial charge on any atom is -0.598 e. The maximum atomic E-state index is 12.7. The maximum Gasteiger partial charge on any atom is 0.148 e. The van der Waals surface area contributed by atoms with Crippen molar-refractivity contribution in [1.82, 2.24) is 14.7 Å². The zero-order chi connectivity index (χ0) is 23.1. The summed E-state index contributed by atoms with van der Waals surface area (Å²) < 4.78 is 16.8. The molecule has 0 bridgehead atoms. The van der Waals surface area contributed by atoms with E-state index in [1.165, 1.54) is 12.8 Å². The highest BCUT2D eigenvalue weighted by molar-refractivity contribution is 14.1. The Labute approximate surface area is 217 Å². The summed E-state index contributed by atoms with van der Waals surface area (Å²) in [6.07, 6.45) is 7.50. The van der Waals surface area contributed by atoms with Crippen LogP contribution in [0.5, 0.6) is 0 Å². The van der Waals surface area contributed by atoms with Gasteiger partial charge < -0.3 is 9.45 Å². The molecule has 1 aliphatic carbocycles. The molecule has 1 aromatic carbocycles. The van der Waals surface area contributed by atoms with E-state index in [0.717, 1.165) is 53.1 Å². The Kier molecular flexibility index (Phi) is 7.55. The quantitative estimate of drug-likeness (QED) is 0.329. The largest absolute Gasteiger partial charge is 0.598 e. The van der Waals surface area contributed by atoms with Crippen LogP contribution in [0.1, 0.15) is 52.9 Å². The molecule has 32 heavy (non-hydrogen) atoms. The second-order valence-electron chi connectivity index (χ2n) is 9.76. The topological polar surface area (TPSA) is 64.1 Å². The van der Waals surface area contributed by atoms with Gasteiger partial charge in [-0.1, -0.05) is 41.8 Å². The molecule has 0 amide bonds. The number of anilines is 1. The Morgan fingerprint density at radius 1 is 1.22 bits per heavy atom. The molecule has 2 aliphatic rings. The lowest BCUT2D eigenvalue weighted by Crippen LogP contribution is -2.53. The van der Waals surface area contributed by atoms with E-state index < -0.39 is 11.4 Å². The van der Waals surface area contributed by atoms with Crippen LogP contribution >= 0.6 is 45.8 Å². The van der Waals surface area contributed by atoms with Gasteiger partial charge in [-0.2, -0.15) is 0 Å². The maximum absolute atomic E-state index is 12.7. The third kappa shape index (κ3) is 5.03. The van der Waals surface area contributed by atoms with Crippen molar-refractivity contribution in [3.05, 3.63) is 38.1 Å². The van der Waals surface area contributed by atoms with Crippen LogP contribution in [0.4, 0.5) is 5.82 Å². The van der Waals surface area contributed by atoms with Crippen LogP contribution in [0.3, 0.4) is 0 Å². The average molecular weight is 607 g/mol. The molecule has 1 aliphatic heterocycles. The first-order valence-electron chi connectivity index (χ1n) is 11.0. The highest BCUT2D eigenvalue weighted by Crippen LogP contribution is 2.47. The number of halogens is 3. The summed E-state index contributed by atoms with van der Waals surface area (Å²) in [7, 11) is 0. The lowest BCUT2D eigenvalue weighted by Gasteiger charge is -2.44. The molecular formula is C23H29Cl2IN4OS. The lowest BCUT2D eigenvalue weighted by atomic mass is 9.74. The van der Waals surface area contributed by atoms with E-state index in [0.29, 0.717) is 16.1 Å². The summed E-state index contributed by atoms with van der Waals surface area (Å²) in [5, 5.41) is 1.01. The van der Waals surface area contributed by atoms with Gasteiger partial charge in [0.1, 0.15) is 20.0 Å². The number of hydrogen-bond donors (Lipinski definition) is 1. The first-order valence-corrected chi connectivity index (χ1v) is 14.0. The summed E-state index contributed by atoms with van der Waals surface area (Å²) in [4.78, 5) is 11.9. The van der Waals surface area contributed by atoms with Crippen molar-refractivity contribution >= 4 is 63.0 Å². The molecule has 1 spiro atoms. The van der Waals surface area contributed by atoms with Gasteiger partial charge in [0.05, 0.1) is 22.3 Å². The standard InChI is InChI=1S/C23H29Cl2IN4OS/c1-22(2,3)32(31)29-17-8-5-9-23(17)10-12-30(13-11-23)18-14-27-20(21(26)28-18)15-6-4-7-16(24)19(15)25/h4,6-7,14,17,29H,5,8-13H2,1-3H3/t17-,32-/m1/s1. The van der Waals surface area contributed by atoms with Crippen molar-refractivity contribution in [3.8, 4) is 11.3 Å². The van der Waals surface area contributed by atoms with Gasteiger partial charge in [0.15, 0.2) is 0 Å². The Balaban J connectivity index is 1.46. The molecule has 9 heteroatoms. The Morgan fingerprint density at radius 3 is 2.59 bits per heavy atom. The zero-order valence-corrected chi connectivity index (χ0v) is 23.1. The second kappa shape index (κ2) is 9.74. The molecule has 1 aromatic heterocycles. The van der Waals surface area contributed by atoms with E-state index in [9.17, 15) is 4.55 Å². The van der Waals surface area contributed by atoms with E-state index >= 15 is 0 Å². The Morgan fingerprint density at radius 2 is 1.94 bits per heavy atom. The summed E-state index contributed by atoms with van der Waals surface area (Å²) in [5.41, 5.74) is 1.78. The molecule has 4 rings (SSSR count). The van der Waals surface area contributed by atoms with Gasteiger partial charge in [0.2, 0.25) is 0 Å². The monoisotopic (exact) mass is 606 g/mol. The van der Waals surface area contributed by atoms with Crippen LogP contribution in [0.2, 0.25) is 10.0 Å². The smallest absolute Gasteiger partial charge is 0.148 e. The highest BCUT2D eigenvalue weighted by Gasteiger charge is 2.47. The van der Waals surface area contributed by atoms with Crippen molar-refractivity contribution in [2.75, 3.05) is 18.0 Å². The molecule has 2 fully saturated rings. The predicted octanol–water partition coefficient (Wildman–Crippen LogP) is 6.25. The van der Waals surface area contributed by atoms with Gasteiger partial charge in [0.25, 0.3) is 0 Å². The number of hydrogen-bond acceptors (Lipinski definition) is 5. The summed E-state index contributed by atoms with van der Waals surface area (Å²) in [6, 6.07) is 5.88. The molecule has 0 unspecified atom stereocenters. The van der Waals surface area contributed by atoms with Crippen molar-refractivity contribution in [3.63, 3.8) is 0 Å². The first-order chi connectivity index (χ1) is 15.1. The van der Waals surface area contributed by atoms with Gasteiger partial charge in [-0.3, -0.25) is 0 Å². The highest BCUT2D eigenvalue weighted by atomic mass is 127. The fourth-order valence-corrected chi connectivity index (χ4v) is 6.83. The zero-order valence-electron chi connectivity index (χ0n) is 18.6. The van der Waals surface area contributed by atoms with E-state index in [4.69, 9.17) is 28.2 Å². The Hall–Kier alpha value is -0.320. The fraction of sp³-hybridized carbons (Fsp3) is 0.565. The molecule has 5 nitrogen and oxygen atoms in total. The van der Waals surface area contributed by atoms with Gasteiger partial charge in [-0.15, -0.1) is 4.72 Å². The fourth-order valence-electron chi connectivity index (χ4n) is 4.79. The number of benzene rings is 1. The molecule has 1 saturated heterocycles. The average Bonchev–Trinajstić information content (AvgIpc) is 3.12. The number of rotatable bonds is 4. The molecule has 0 radical (unpaired) electrons. The number of aromatic nitrogens is 2. The van der Waals surface area contributed by atoms with Crippen molar-refractivity contribution in [1.29, 1.82) is 0 Å². The van der Waals surface area contributed by atoms with Crippen LogP contribution in [-0.2, 0) is 11.4 Å². The first kappa shape index (κ1) is 24.8. The van der Waals surface area contributed by atoms with Crippen molar-refractivity contribution in [2.45, 2.75) is 63.7 Å². The van der Waals surface area contributed by atoms with Crippen LogP contribution in [0.25, 0.3) is 11.3 Å². The van der Waals surface area contributed by atoms with Crippen LogP contribution in [0, 0.1) is 9.12 Å². The van der Waals surface area contributed by atoms with E-state index in [2.05, 4.69) is 37.2 Å². The summed E-state index contributed by atoms with van der Waals surface area (Å²) >= 11 is 13.8. The Bertz CT molecular complexity index is 979. The molecule has 2 aromatic rings. The molecule has 174 valence electrons. The SMILES string of the molecule is CC(C)(C)[S@@+]([O-])N[C@@H]1CCCC12CCN(c1cnc(-c3cccc(Cl)c3Cl)c(I)n1)CC2. The van der Waals surface area contributed by atoms with Crippen LogP contribution in [-0.4, -0.2) is 38.4 Å². The number of nitrogens with zero attached hydrogens (tertiary/aromatic N) is 3. The number of piperidine rings is 1. The minimum absolute atomic E-state index is 0.228. The normalized spacial score (nSPS) is 21.8. The third-order valence-electron chi connectivity index (χ3n) is 6.72. The minimum atomic E-state index is -1.03. The lowest BCUT2D eigenvalue weighted by molar-refractivity contribution is 0.186. The predicted molar refractivity (Wildman–Crippen MR) is 143 cm³/mol. The molecule has 2 atom stereocenters. The molecular weight excluding hydrogens is 578 g/mol. The summed E-state index contributed by atoms with van der Waals surface area (Å²) in [6.45, 7) is 7.95. The second-order valence-corrected chi connectivity index (χ2v) is 13.6. The number of nitrogens with one attached hydrogen (secondary N) is 1. The summed E-state index contributed by atoms with van der Waals surface area (Å²) in [5.74, 6) is 0.895. The van der Waals surface area contributed by atoms with Gasteiger partial charge >= 0.3 is 0 Å². The van der Waals surface area contributed by atoms with Crippen molar-refractivity contribution in [2.24, 2.45) is 5.41 Å². The van der Waals surface area contributed by atoms with Crippen LogP contribution < -0.4 is 9.62 Å². The van der Waals surface area contributed by atoms with E-state index in [-0.39, 0.29) is 10.2 Å². The molecule has 1 saturated carbocycles. The van der Waals surface area contributed by atoms with Crippen LogP contribution in [0.15, 0.2) is 24.4 Å². The van der Waals surface area contributed by atoms with E-state index in [1.54, 1.807) is 6.07 Å². The van der Waals surface area contributed by atoms with Crippen molar-refractivity contribution < 1.29 is 4.55 Å². The molecule has 2 heterocycles.